The molecule has 0 saturated heterocycles. The SMILES string of the molecule is CN=C(NCCCOCC(C)C)NCCCc1nc2ccccc2[nH]1.I. The molecule has 0 atom stereocenters. The number of aromatic amines is 1. The van der Waals surface area contributed by atoms with Crippen LogP contribution in [0.5, 0.6) is 0 Å². The maximum Gasteiger partial charge on any atom is 0.190 e. The summed E-state index contributed by atoms with van der Waals surface area (Å²) in [6, 6.07) is 8.12. The van der Waals surface area contributed by atoms with Crippen molar-refractivity contribution >= 4 is 41.0 Å². The van der Waals surface area contributed by atoms with E-state index in [2.05, 4.69) is 45.5 Å². The fraction of sp³-hybridized carbons (Fsp3) is 0.579. The van der Waals surface area contributed by atoms with Crippen molar-refractivity contribution in [3.05, 3.63) is 30.1 Å². The molecule has 0 aliphatic heterocycles. The molecule has 0 aliphatic carbocycles. The number of imidazole rings is 1. The van der Waals surface area contributed by atoms with Crippen LogP contribution in [0.1, 0.15) is 32.5 Å². The normalized spacial score (nSPS) is 11.6. The maximum atomic E-state index is 5.57. The number of nitrogens with zero attached hydrogens (tertiary/aromatic N) is 2. The van der Waals surface area contributed by atoms with E-state index in [1.54, 1.807) is 7.05 Å². The first-order valence-corrected chi connectivity index (χ1v) is 9.15. The van der Waals surface area contributed by atoms with Crippen LogP contribution in [-0.4, -0.2) is 49.3 Å². The molecule has 0 radical (unpaired) electrons. The van der Waals surface area contributed by atoms with Crippen molar-refractivity contribution in [1.29, 1.82) is 0 Å². The number of fused-ring (bicyclic) bond motifs is 1. The van der Waals surface area contributed by atoms with Gasteiger partial charge in [-0.15, -0.1) is 24.0 Å². The van der Waals surface area contributed by atoms with E-state index in [0.29, 0.717) is 5.92 Å². The number of hydrogen-bond acceptors (Lipinski definition) is 3. The summed E-state index contributed by atoms with van der Waals surface area (Å²) >= 11 is 0. The first-order valence-electron chi connectivity index (χ1n) is 9.15. The standard InChI is InChI=1S/C19H31N5O.HI/c1-15(2)14-25-13-7-12-22-19(20-3)21-11-6-10-18-23-16-8-4-5-9-17(16)24-18;/h4-5,8-9,15H,6-7,10-14H2,1-3H3,(H,23,24)(H2,20,21,22);1H. The van der Waals surface area contributed by atoms with Gasteiger partial charge in [-0.1, -0.05) is 26.0 Å². The van der Waals surface area contributed by atoms with Gasteiger partial charge in [0.25, 0.3) is 0 Å². The molecule has 0 spiro atoms. The first-order chi connectivity index (χ1) is 12.2. The van der Waals surface area contributed by atoms with Crippen LogP contribution in [0.15, 0.2) is 29.3 Å². The number of H-pyrrole nitrogens is 1. The van der Waals surface area contributed by atoms with E-state index in [0.717, 1.165) is 68.4 Å². The van der Waals surface area contributed by atoms with Crippen molar-refractivity contribution in [1.82, 2.24) is 20.6 Å². The third-order valence-corrected chi connectivity index (χ3v) is 3.75. The van der Waals surface area contributed by atoms with Crippen LogP contribution in [-0.2, 0) is 11.2 Å². The van der Waals surface area contributed by atoms with Crippen LogP contribution in [0, 0.1) is 5.92 Å². The summed E-state index contributed by atoms with van der Waals surface area (Å²) in [5.74, 6) is 2.47. The number of benzene rings is 1. The molecule has 26 heavy (non-hydrogen) atoms. The number of aliphatic imine (C=N–C) groups is 1. The molecule has 0 fully saturated rings. The molecule has 1 aromatic carbocycles. The Hall–Kier alpha value is -1.35. The number of hydrogen-bond donors (Lipinski definition) is 3. The Kier molecular flexibility index (Phi) is 11.3. The highest BCUT2D eigenvalue weighted by atomic mass is 127. The largest absolute Gasteiger partial charge is 0.381 e. The monoisotopic (exact) mass is 473 g/mol. The van der Waals surface area contributed by atoms with Gasteiger partial charge in [0.05, 0.1) is 11.0 Å². The van der Waals surface area contributed by atoms with Gasteiger partial charge in [-0.2, -0.15) is 0 Å². The number of rotatable bonds is 10. The molecule has 0 aliphatic rings. The molecule has 146 valence electrons. The lowest BCUT2D eigenvalue weighted by Crippen LogP contribution is -2.38. The minimum atomic E-state index is 0. The average molecular weight is 473 g/mol. The number of aryl methyl sites for hydroxylation is 1. The second kappa shape index (κ2) is 12.9. The Morgan fingerprint density at radius 3 is 2.62 bits per heavy atom. The quantitative estimate of drug-likeness (QED) is 0.214. The number of ether oxygens (including phenoxy) is 1. The van der Waals surface area contributed by atoms with Crippen molar-refractivity contribution < 1.29 is 4.74 Å². The van der Waals surface area contributed by atoms with Gasteiger partial charge in [-0.3, -0.25) is 4.99 Å². The van der Waals surface area contributed by atoms with Crippen LogP contribution in [0.3, 0.4) is 0 Å². The fourth-order valence-corrected chi connectivity index (χ4v) is 2.51. The number of aromatic nitrogens is 2. The first kappa shape index (κ1) is 22.7. The molecular formula is C19H32IN5O. The molecule has 0 amide bonds. The van der Waals surface area contributed by atoms with Gasteiger partial charge in [-0.05, 0) is 30.9 Å². The van der Waals surface area contributed by atoms with E-state index >= 15 is 0 Å². The van der Waals surface area contributed by atoms with Gasteiger partial charge >= 0.3 is 0 Å². The summed E-state index contributed by atoms with van der Waals surface area (Å²) in [6.45, 7) is 7.66. The molecule has 2 aromatic rings. The van der Waals surface area contributed by atoms with Gasteiger partial charge < -0.3 is 20.4 Å². The van der Waals surface area contributed by atoms with Gasteiger partial charge in [0.2, 0.25) is 0 Å². The highest BCUT2D eigenvalue weighted by Crippen LogP contribution is 2.10. The molecule has 7 heteroatoms. The van der Waals surface area contributed by atoms with Gasteiger partial charge in [-0.25, -0.2) is 4.98 Å². The van der Waals surface area contributed by atoms with E-state index in [1.165, 1.54) is 0 Å². The molecule has 3 N–H and O–H groups in total. The second-order valence-corrected chi connectivity index (χ2v) is 6.55. The molecule has 1 heterocycles. The summed E-state index contributed by atoms with van der Waals surface area (Å²) in [6.07, 6.45) is 2.89. The third kappa shape index (κ3) is 8.35. The van der Waals surface area contributed by atoms with Crippen molar-refractivity contribution in [2.75, 3.05) is 33.4 Å². The zero-order valence-corrected chi connectivity index (χ0v) is 18.4. The molecule has 0 bridgehead atoms. The maximum absolute atomic E-state index is 5.57. The highest BCUT2D eigenvalue weighted by Gasteiger charge is 2.02. The van der Waals surface area contributed by atoms with Crippen molar-refractivity contribution in [2.24, 2.45) is 10.9 Å². The smallest absolute Gasteiger partial charge is 0.190 e. The fourth-order valence-electron chi connectivity index (χ4n) is 2.51. The van der Waals surface area contributed by atoms with Crippen molar-refractivity contribution in [2.45, 2.75) is 33.1 Å². The molecular weight excluding hydrogens is 441 g/mol. The Morgan fingerprint density at radius 2 is 1.92 bits per heavy atom. The number of halogens is 1. The minimum Gasteiger partial charge on any atom is -0.381 e. The lowest BCUT2D eigenvalue weighted by Gasteiger charge is -2.12. The average Bonchev–Trinajstić information content (AvgIpc) is 3.02. The Bertz CT molecular complexity index is 623. The van der Waals surface area contributed by atoms with Crippen LogP contribution in [0.25, 0.3) is 11.0 Å². The van der Waals surface area contributed by atoms with E-state index in [9.17, 15) is 0 Å². The molecule has 2 rings (SSSR count). The van der Waals surface area contributed by atoms with E-state index in [4.69, 9.17) is 4.74 Å². The van der Waals surface area contributed by atoms with Gasteiger partial charge in [0, 0.05) is 39.8 Å². The lowest BCUT2D eigenvalue weighted by molar-refractivity contribution is 0.108. The minimum absolute atomic E-state index is 0. The summed E-state index contributed by atoms with van der Waals surface area (Å²) < 4.78 is 5.57. The Labute approximate surface area is 173 Å². The summed E-state index contributed by atoms with van der Waals surface area (Å²) in [5.41, 5.74) is 2.13. The third-order valence-electron chi connectivity index (χ3n) is 3.75. The second-order valence-electron chi connectivity index (χ2n) is 6.55. The summed E-state index contributed by atoms with van der Waals surface area (Å²) in [4.78, 5) is 12.2. The number of nitrogens with one attached hydrogen (secondary N) is 3. The summed E-state index contributed by atoms with van der Waals surface area (Å²) in [5, 5.41) is 6.65. The molecule has 6 nitrogen and oxygen atoms in total. The van der Waals surface area contributed by atoms with E-state index in [-0.39, 0.29) is 24.0 Å². The predicted octanol–water partition coefficient (Wildman–Crippen LogP) is 3.34. The molecule has 1 aromatic heterocycles. The van der Waals surface area contributed by atoms with Gasteiger partial charge in [0.1, 0.15) is 5.82 Å². The zero-order chi connectivity index (χ0) is 17.9. The van der Waals surface area contributed by atoms with E-state index < -0.39 is 0 Å². The van der Waals surface area contributed by atoms with Crippen LogP contribution in [0.4, 0.5) is 0 Å². The number of guanidine groups is 1. The zero-order valence-electron chi connectivity index (χ0n) is 16.0. The molecule has 0 unspecified atom stereocenters. The summed E-state index contributed by atoms with van der Waals surface area (Å²) in [7, 11) is 1.80. The van der Waals surface area contributed by atoms with Crippen LogP contribution >= 0.6 is 24.0 Å². The predicted molar refractivity (Wildman–Crippen MR) is 119 cm³/mol. The topological polar surface area (TPSA) is 74.3 Å². The number of para-hydroxylation sites is 2. The Morgan fingerprint density at radius 1 is 1.19 bits per heavy atom. The van der Waals surface area contributed by atoms with Gasteiger partial charge in [0.15, 0.2) is 5.96 Å². The van der Waals surface area contributed by atoms with Crippen molar-refractivity contribution in [3.8, 4) is 0 Å². The lowest BCUT2D eigenvalue weighted by atomic mass is 10.2. The molecule has 0 saturated carbocycles. The van der Waals surface area contributed by atoms with Crippen molar-refractivity contribution in [3.63, 3.8) is 0 Å². The Balaban J connectivity index is 0.00000338. The van der Waals surface area contributed by atoms with Crippen LogP contribution in [0.2, 0.25) is 0 Å². The van der Waals surface area contributed by atoms with E-state index in [1.807, 2.05) is 18.2 Å². The van der Waals surface area contributed by atoms with Crippen LogP contribution < -0.4 is 10.6 Å². The highest BCUT2D eigenvalue weighted by molar-refractivity contribution is 14.0.